The van der Waals surface area contributed by atoms with Crippen molar-refractivity contribution in [2.45, 2.75) is 70.3 Å². The van der Waals surface area contributed by atoms with Crippen LogP contribution < -0.4 is 0 Å². The Hall–Kier alpha value is -2.22. The number of hydrogen-bond donors (Lipinski definition) is 1. The zero-order chi connectivity index (χ0) is 23.6. The second-order valence-corrected chi connectivity index (χ2v) is 8.91. The monoisotopic (exact) mass is 459 g/mol. The van der Waals surface area contributed by atoms with Gasteiger partial charge in [-0.1, -0.05) is 42.5 Å². The third-order valence-electron chi connectivity index (χ3n) is 6.53. The number of morpholine rings is 1. The molecule has 1 unspecified atom stereocenters. The molecule has 1 aromatic carbocycles. The number of nitrogens with zero attached hydrogens (tertiary/aromatic N) is 1. The minimum Gasteiger partial charge on any atom is -0.481 e. The van der Waals surface area contributed by atoms with Gasteiger partial charge in [0.25, 0.3) is 0 Å². The first-order valence-corrected chi connectivity index (χ1v) is 12.0. The van der Waals surface area contributed by atoms with E-state index in [2.05, 4.69) is 36.1 Å². The Labute approximate surface area is 196 Å². The van der Waals surface area contributed by atoms with E-state index < -0.39 is 5.97 Å². The van der Waals surface area contributed by atoms with Crippen LogP contribution in [0.1, 0.15) is 57.6 Å². The summed E-state index contributed by atoms with van der Waals surface area (Å²) < 4.78 is 18.0. The van der Waals surface area contributed by atoms with E-state index in [1.807, 2.05) is 18.2 Å². The maximum absolute atomic E-state index is 11.9. The molecule has 182 valence electrons. The Bertz CT molecular complexity index is 776. The number of carboxylic acid groups (broad SMARTS) is 1. The van der Waals surface area contributed by atoms with E-state index in [4.69, 9.17) is 19.3 Å². The molecule has 5 atom stereocenters. The third kappa shape index (κ3) is 7.66. The maximum Gasteiger partial charge on any atom is 0.303 e. The normalized spacial score (nSPS) is 27.0. The van der Waals surface area contributed by atoms with Gasteiger partial charge in [0.15, 0.2) is 0 Å². The maximum atomic E-state index is 11.9. The number of unbranched alkanes of at least 4 members (excludes halogenated alkanes) is 1. The molecule has 0 amide bonds. The minimum atomic E-state index is -0.765. The van der Waals surface area contributed by atoms with Crippen LogP contribution in [0.2, 0.25) is 0 Å². The molecule has 0 radical (unpaired) electrons. The summed E-state index contributed by atoms with van der Waals surface area (Å²) in [6.45, 7) is 6.50. The number of benzene rings is 1. The second-order valence-electron chi connectivity index (χ2n) is 8.91. The summed E-state index contributed by atoms with van der Waals surface area (Å²) >= 11 is 0. The molecule has 0 spiro atoms. The number of carbonyl (C=O) groups is 2. The van der Waals surface area contributed by atoms with Crippen LogP contribution in [-0.2, 0) is 23.8 Å². The highest BCUT2D eigenvalue weighted by Crippen LogP contribution is 2.40. The number of ether oxygens (including phenoxy) is 3. The van der Waals surface area contributed by atoms with Crippen molar-refractivity contribution >= 4 is 11.9 Å². The fourth-order valence-corrected chi connectivity index (χ4v) is 5.01. The van der Waals surface area contributed by atoms with Crippen LogP contribution in [0.5, 0.6) is 0 Å². The van der Waals surface area contributed by atoms with Gasteiger partial charge in [-0.3, -0.25) is 14.5 Å². The Morgan fingerprint density at radius 1 is 1.18 bits per heavy atom. The van der Waals surface area contributed by atoms with Gasteiger partial charge >= 0.3 is 11.9 Å². The summed E-state index contributed by atoms with van der Waals surface area (Å²) in [5.74, 6) is -0.869. The number of allylic oxidation sites excluding steroid dienone is 2. The number of esters is 1. The average Bonchev–Trinajstić information content (AvgIpc) is 3.12. The average molecular weight is 460 g/mol. The predicted octanol–water partition coefficient (Wildman–Crippen LogP) is 3.99. The van der Waals surface area contributed by atoms with Gasteiger partial charge in [-0.05, 0) is 31.7 Å². The summed E-state index contributed by atoms with van der Waals surface area (Å²) in [4.78, 5) is 25.0. The summed E-state index contributed by atoms with van der Waals surface area (Å²) in [7, 11) is 0. The lowest BCUT2D eigenvalue weighted by Crippen LogP contribution is -2.51. The molecule has 1 saturated heterocycles. The molecule has 7 heteroatoms. The van der Waals surface area contributed by atoms with E-state index in [1.54, 1.807) is 0 Å². The predicted molar refractivity (Wildman–Crippen MR) is 125 cm³/mol. The van der Waals surface area contributed by atoms with Crippen molar-refractivity contribution in [1.82, 2.24) is 4.90 Å². The molecule has 2 aliphatic rings. The summed E-state index contributed by atoms with van der Waals surface area (Å²) in [6.07, 6.45) is 6.86. The molecular formula is C26H37NO6. The Kier molecular flexibility index (Phi) is 9.91. The lowest BCUT2D eigenvalue weighted by Gasteiger charge is -2.38. The Balaban J connectivity index is 1.75. The second kappa shape index (κ2) is 12.9. The van der Waals surface area contributed by atoms with Crippen LogP contribution in [0, 0.1) is 5.92 Å². The van der Waals surface area contributed by atoms with Crippen LogP contribution >= 0.6 is 0 Å². The van der Waals surface area contributed by atoms with Crippen molar-refractivity contribution in [3.05, 3.63) is 48.0 Å². The summed E-state index contributed by atoms with van der Waals surface area (Å²) in [5, 5.41) is 8.84. The van der Waals surface area contributed by atoms with E-state index >= 15 is 0 Å². The standard InChI is InChI=1S/C26H37NO6/c1-19(21-10-6-5-7-11-21)32-23-18-24(33-20(2)28)26(27-14-16-31-17-15-27)22(23)12-8-3-4-9-13-25(29)30/h3,5-8,10-11,19,22-24,26H,4,9,12-18H2,1-2H3,(H,29,30)/t19?,22-,23-,24+,26+/m0/s1. The lowest BCUT2D eigenvalue weighted by molar-refractivity contribution is -0.150. The quantitative estimate of drug-likeness (QED) is 0.304. The molecule has 1 aromatic rings. The highest BCUT2D eigenvalue weighted by atomic mass is 16.6. The Morgan fingerprint density at radius 3 is 2.58 bits per heavy atom. The summed E-state index contributed by atoms with van der Waals surface area (Å²) in [5.41, 5.74) is 1.12. The summed E-state index contributed by atoms with van der Waals surface area (Å²) in [6, 6.07) is 10.2. The lowest BCUT2D eigenvalue weighted by atomic mass is 9.94. The van der Waals surface area contributed by atoms with Gasteiger partial charge in [-0.15, -0.1) is 0 Å². The molecule has 3 rings (SSSR count). The first kappa shape index (κ1) is 25.4. The van der Waals surface area contributed by atoms with Crippen molar-refractivity contribution in [3.8, 4) is 0 Å². The molecule has 1 saturated carbocycles. The molecule has 1 aliphatic carbocycles. The van der Waals surface area contributed by atoms with Crippen molar-refractivity contribution in [3.63, 3.8) is 0 Å². The van der Waals surface area contributed by atoms with Crippen molar-refractivity contribution in [2.24, 2.45) is 5.92 Å². The minimum absolute atomic E-state index is 0.0546. The van der Waals surface area contributed by atoms with Crippen molar-refractivity contribution in [2.75, 3.05) is 26.3 Å². The van der Waals surface area contributed by atoms with E-state index in [-0.39, 0.29) is 42.7 Å². The molecular weight excluding hydrogens is 422 g/mol. The molecule has 1 aliphatic heterocycles. The van der Waals surface area contributed by atoms with Crippen molar-refractivity contribution < 1.29 is 28.9 Å². The Morgan fingerprint density at radius 2 is 1.91 bits per heavy atom. The van der Waals surface area contributed by atoms with E-state index in [1.165, 1.54) is 6.92 Å². The van der Waals surface area contributed by atoms with Crippen LogP contribution in [0.4, 0.5) is 0 Å². The fourth-order valence-electron chi connectivity index (χ4n) is 5.01. The largest absolute Gasteiger partial charge is 0.481 e. The topological polar surface area (TPSA) is 85.3 Å². The molecule has 0 aromatic heterocycles. The molecule has 7 nitrogen and oxygen atoms in total. The van der Waals surface area contributed by atoms with Crippen LogP contribution in [-0.4, -0.2) is 66.5 Å². The van der Waals surface area contributed by atoms with Gasteiger partial charge in [0.05, 0.1) is 31.5 Å². The highest BCUT2D eigenvalue weighted by Gasteiger charge is 2.48. The highest BCUT2D eigenvalue weighted by molar-refractivity contribution is 5.66. The molecule has 0 bridgehead atoms. The van der Waals surface area contributed by atoms with Crippen LogP contribution in [0.3, 0.4) is 0 Å². The van der Waals surface area contributed by atoms with Gasteiger partial charge in [0.1, 0.15) is 6.10 Å². The fraction of sp³-hybridized carbons (Fsp3) is 0.615. The van der Waals surface area contributed by atoms with Gasteiger partial charge in [-0.25, -0.2) is 0 Å². The third-order valence-corrected chi connectivity index (χ3v) is 6.53. The van der Waals surface area contributed by atoms with Gasteiger partial charge < -0.3 is 19.3 Å². The number of hydrogen-bond acceptors (Lipinski definition) is 6. The SMILES string of the molecule is CC(=O)O[C@@H]1C[C@H](OC(C)c2ccccc2)[C@H](CC=CCCCC(=O)O)[C@H]1N1CCOCC1. The van der Waals surface area contributed by atoms with Crippen LogP contribution in [0.15, 0.2) is 42.5 Å². The van der Waals surface area contributed by atoms with Gasteiger partial charge in [0, 0.05) is 38.8 Å². The van der Waals surface area contributed by atoms with E-state index in [0.717, 1.165) is 31.5 Å². The number of carboxylic acids is 1. The molecule has 1 heterocycles. The van der Waals surface area contributed by atoms with Gasteiger partial charge in [-0.2, -0.15) is 0 Å². The number of aliphatic carboxylic acids is 1. The molecule has 1 N–H and O–H groups in total. The van der Waals surface area contributed by atoms with Gasteiger partial charge in [0.2, 0.25) is 0 Å². The first-order valence-electron chi connectivity index (χ1n) is 12.0. The molecule has 33 heavy (non-hydrogen) atoms. The number of carbonyl (C=O) groups excluding carboxylic acids is 1. The zero-order valence-electron chi connectivity index (χ0n) is 19.7. The molecule has 2 fully saturated rings. The van der Waals surface area contributed by atoms with E-state index in [9.17, 15) is 9.59 Å². The zero-order valence-corrected chi connectivity index (χ0v) is 19.7. The first-order chi connectivity index (χ1) is 16.0. The van der Waals surface area contributed by atoms with E-state index in [0.29, 0.717) is 26.1 Å². The van der Waals surface area contributed by atoms with Crippen LogP contribution in [0.25, 0.3) is 0 Å². The smallest absolute Gasteiger partial charge is 0.303 e. The van der Waals surface area contributed by atoms with Crippen molar-refractivity contribution in [1.29, 1.82) is 0 Å². The number of rotatable bonds is 11.